The zero-order valence-corrected chi connectivity index (χ0v) is 12.9. The van der Waals surface area contributed by atoms with Gasteiger partial charge in [-0.25, -0.2) is 9.07 Å². The first kappa shape index (κ1) is 14.3. The molecule has 4 nitrogen and oxygen atoms in total. The Hall–Kier alpha value is -2.65. The van der Waals surface area contributed by atoms with Crippen molar-refractivity contribution in [1.82, 2.24) is 9.78 Å². The third-order valence-electron chi connectivity index (χ3n) is 3.23. The van der Waals surface area contributed by atoms with Crippen LogP contribution in [0.25, 0.3) is 16.9 Å². The van der Waals surface area contributed by atoms with Gasteiger partial charge in [-0.05, 0) is 24.3 Å². The van der Waals surface area contributed by atoms with Crippen molar-refractivity contribution < 1.29 is 4.39 Å². The van der Waals surface area contributed by atoms with Crippen molar-refractivity contribution in [3.05, 3.63) is 64.4 Å². The molecule has 0 aliphatic carbocycles. The highest BCUT2D eigenvalue weighted by Gasteiger charge is 2.19. The number of nitrogens with two attached hydrogens (primary N) is 1. The van der Waals surface area contributed by atoms with Crippen LogP contribution in [0.15, 0.2) is 53.0 Å². The van der Waals surface area contributed by atoms with E-state index in [1.54, 1.807) is 18.2 Å². The van der Waals surface area contributed by atoms with E-state index in [0.717, 1.165) is 10.0 Å². The topological polar surface area (TPSA) is 67.6 Å². The average molecular weight is 357 g/mol. The normalized spacial score (nSPS) is 10.4. The summed E-state index contributed by atoms with van der Waals surface area (Å²) >= 11 is 3.35. The molecular formula is C16H10BrFN4. The molecule has 0 amide bonds. The van der Waals surface area contributed by atoms with Crippen LogP contribution in [0, 0.1) is 17.1 Å². The number of aromatic nitrogens is 2. The third kappa shape index (κ3) is 2.36. The predicted octanol–water partition coefficient (Wildman–Crippen LogP) is 3.89. The van der Waals surface area contributed by atoms with Crippen molar-refractivity contribution in [1.29, 1.82) is 5.26 Å². The van der Waals surface area contributed by atoms with E-state index in [0.29, 0.717) is 5.69 Å². The van der Waals surface area contributed by atoms with E-state index in [9.17, 15) is 9.65 Å². The van der Waals surface area contributed by atoms with Gasteiger partial charge in [0.15, 0.2) is 0 Å². The molecule has 3 rings (SSSR count). The Balaban J connectivity index is 2.22. The van der Waals surface area contributed by atoms with Gasteiger partial charge >= 0.3 is 0 Å². The zero-order valence-electron chi connectivity index (χ0n) is 11.3. The monoisotopic (exact) mass is 356 g/mol. The van der Waals surface area contributed by atoms with Crippen LogP contribution in [0.5, 0.6) is 0 Å². The number of nitriles is 1. The molecule has 1 heterocycles. The number of para-hydroxylation sites is 1. The fourth-order valence-corrected chi connectivity index (χ4v) is 2.42. The third-order valence-corrected chi connectivity index (χ3v) is 3.76. The number of nitrogen functional groups attached to an aromatic ring is 1. The highest BCUT2D eigenvalue weighted by Crippen LogP contribution is 2.30. The van der Waals surface area contributed by atoms with E-state index in [-0.39, 0.29) is 17.1 Å². The number of halogens is 2. The summed E-state index contributed by atoms with van der Waals surface area (Å²) in [6, 6.07) is 15.5. The fraction of sp³-hybridized carbons (Fsp3) is 0. The molecule has 0 saturated carbocycles. The van der Waals surface area contributed by atoms with Gasteiger partial charge in [0.2, 0.25) is 0 Å². The van der Waals surface area contributed by atoms with Crippen molar-refractivity contribution in [2.75, 3.05) is 5.73 Å². The Labute approximate surface area is 134 Å². The SMILES string of the molecule is N#Cc1c(-c2ccc(Br)cc2)nn(-c2ccccc2F)c1N. The highest BCUT2D eigenvalue weighted by atomic mass is 79.9. The molecule has 0 fully saturated rings. The molecule has 108 valence electrons. The minimum Gasteiger partial charge on any atom is -0.382 e. The van der Waals surface area contributed by atoms with Gasteiger partial charge in [0, 0.05) is 10.0 Å². The van der Waals surface area contributed by atoms with Gasteiger partial charge in [-0.2, -0.15) is 10.4 Å². The molecule has 0 spiro atoms. The second-order valence-electron chi connectivity index (χ2n) is 4.59. The van der Waals surface area contributed by atoms with Crippen molar-refractivity contribution >= 4 is 21.7 Å². The summed E-state index contributed by atoms with van der Waals surface area (Å²) in [5.41, 5.74) is 7.58. The smallest absolute Gasteiger partial charge is 0.148 e. The van der Waals surface area contributed by atoms with E-state index in [2.05, 4.69) is 21.0 Å². The molecule has 3 aromatic rings. The van der Waals surface area contributed by atoms with Crippen LogP contribution in [0.3, 0.4) is 0 Å². The number of nitrogens with zero attached hydrogens (tertiary/aromatic N) is 3. The van der Waals surface area contributed by atoms with Crippen LogP contribution in [0.4, 0.5) is 10.2 Å². The molecule has 0 atom stereocenters. The minimum absolute atomic E-state index is 0.116. The average Bonchev–Trinajstić information content (AvgIpc) is 2.85. The summed E-state index contributed by atoms with van der Waals surface area (Å²) in [6.07, 6.45) is 0. The van der Waals surface area contributed by atoms with E-state index in [1.165, 1.54) is 10.7 Å². The van der Waals surface area contributed by atoms with Crippen LogP contribution in [0.2, 0.25) is 0 Å². The summed E-state index contributed by atoms with van der Waals surface area (Å²) in [7, 11) is 0. The molecule has 0 saturated heterocycles. The Morgan fingerprint density at radius 3 is 2.45 bits per heavy atom. The quantitative estimate of drug-likeness (QED) is 0.757. The van der Waals surface area contributed by atoms with Gasteiger partial charge in [-0.15, -0.1) is 0 Å². The molecule has 0 unspecified atom stereocenters. The number of anilines is 1. The summed E-state index contributed by atoms with van der Waals surface area (Å²) in [6.45, 7) is 0. The van der Waals surface area contributed by atoms with Gasteiger partial charge in [-0.3, -0.25) is 0 Å². The molecule has 0 aliphatic rings. The molecule has 1 aromatic heterocycles. The molecular weight excluding hydrogens is 347 g/mol. The van der Waals surface area contributed by atoms with Gasteiger partial charge in [0.1, 0.15) is 34.6 Å². The van der Waals surface area contributed by atoms with Crippen LogP contribution >= 0.6 is 15.9 Å². The maximum absolute atomic E-state index is 14.0. The van der Waals surface area contributed by atoms with Gasteiger partial charge in [0.05, 0.1) is 0 Å². The fourth-order valence-electron chi connectivity index (χ4n) is 2.16. The van der Waals surface area contributed by atoms with E-state index >= 15 is 0 Å². The van der Waals surface area contributed by atoms with Gasteiger partial charge < -0.3 is 5.73 Å². The lowest BCUT2D eigenvalue weighted by Crippen LogP contribution is -2.04. The first-order valence-corrected chi connectivity index (χ1v) is 7.20. The van der Waals surface area contributed by atoms with Gasteiger partial charge in [-0.1, -0.05) is 40.2 Å². The van der Waals surface area contributed by atoms with E-state index < -0.39 is 5.82 Å². The predicted molar refractivity (Wildman–Crippen MR) is 85.8 cm³/mol. The summed E-state index contributed by atoms with van der Waals surface area (Å²) in [5, 5.41) is 13.7. The largest absolute Gasteiger partial charge is 0.382 e. The van der Waals surface area contributed by atoms with Crippen molar-refractivity contribution in [3.8, 4) is 23.0 Å². The Morgan fingerprint density at radius 2 is 1.82 bits per heavy atom. The number of hydrogen-bond acceptors (Lipinski definition) is 3. The van der Waals surface area contributed by atoms with Crippen molar-refractivity contribution in [2.45, 2.75) is 0 Å². The number of hydrogen-bond donors (Lipinski definition) is 1. The second kappa shape index (κ2) is 5.62. The molecule has 0 bridgehead atoms. The minimum atomic E-state index is -0.455. The van der Waals surface area contributed by atoms with Crippen LogP contribution in [-0.4, -0.2) is 9.78 Å². The van der Waals surface area contributed by atoms with Crippen LogP contribution < -0.4 is 5.73 Å². The molecule has 2 aromatic carbocycles. The molecule has 6 heteroatoms. The van der Waals surface area contributed by atoms with Gasteiger partial charge in [0.25, 0.3) is 0 Å². The number of rotatable bonds is 2. The van der Waals surface area contributed by atoms with Crippen molar-refractivity contribution in [2.24, 2.45) is 0 Å². The lowest BCUT2D eigenvalue weighted by atomic mass is 10.1. The molecule has 0 radical (unpaired) electrons. The lowest BCUT2D eigenvalue weighted by Gasteiger charge is -2.04. The highest BCUT2D eigenvalue weighted by molar-refractivity contribution is 9.10. The summed E-state index contributed by atoms with van der Waals surface area (Å²) in [5.74, 6) is -0.339. The van der Waals surface area contributed by atoms with E-state index in [1.807, 2.05) is 30.3 Å². The van der Waals surface area contributed by atoms with E-state index in [4.69, 9.17) is 5.73 Å². The summed E-state index contributed by atoms with van der Waals surface area (Å²) in [4.78, 5) is 0. The molecule has 2 N–H and O–H groups in total. The molecule has 22 heavy (non-hydrogen) atoms. The maximum atomic E-state index is 14.0. The first-order valence-electron chi connectivity index (χ1n) is 6.41. The van der Waals surface area contributed by atoms with Crippen molar-refractivity contribution in [3.63, 3.8) is 0 Å². The Kier molecular flexibility index (Phi) is 3.65. The Bertz CT molecular complexity index is 878. The van der Waals surface area contributed by atoms with Crippen LogP contribution in [-0.2, 0) is 0 Å². The lowest BCUT2D eigenvalue weighted by molar-refractivity contribution is 0.612. The number of benzene rings is 2. The Morgan fingerprint density at radius 1 is 1.14 bits per heavy atom. The summed E-state index contributed by atoms with van der Waals surface area (Å²) < 4.78 is 16.1. The first-order chi connectivity index (χ1) is 10.6. The standard InChI is InChI=1S/C16H10BrFN4/c17-11-7-5-10(6-8-11)15-12(9-19)16(20)22(21-15)14-4-2-1-3-13(14)18/h1-8H,20H2. The zero-order chi connectivity index (χ0) is 15.7. The molecule has 0 aliphatic heterocycles. The maximum Gasteiger partial charge on any atom is 0.148 e. The second-order valence-corrected chi connectivity index (χ2v) is 5.51. The van der Waals surface area contributed by atoms with Crippen LogP contribution in [0.1, 0.15) is 5.56 Å².